The van der Waals surface area contributed by atoms with Gasteiger partial charge in [-0.3, -0.25) is 14.2 Å². The summed E-state index contributed by atoms with van der Waals surface area (Å²) in [5.41, 5.74) is 2.40. The number of carbonyl (C=O) groups excluding carboxylic acids is 2. The van der Waals surface area contributed by atoms with Crippen molar-refractivity contribution in [3.05, 3.63) is 94.4 Å². The molecule has 0 aliphatic rings. The van der Waals surface area contributed by atoms with Gasteiger partial charge in [0.1, 0.15) is 11.6 Å². The van der Waals surface area contributed by atoms with Gasteiger partial charge in [0, 0.05) is 34.8 Å². The number of methoxy groups -OCH3 is 1. The Morgan fingerprint density at radius 1 is 1.00 bits per heavy atom. The molecule has 0 atom stereocenters. The fourth-order valence-electron chi connectivity index (χ4n) is 4.24. The number of sulfonamides is 1. The molecule has 39 heavy (non-hydrogen) atoms. The number of nitrogens with zero attached hydrogens (tertiary/aromatic N) is 1. The van der Waals surface area contributed by atoms with E-state index in [0.717, 1.165) is 17.5 Å². The van der Waals surface area contributed by atoms with Crippen LogP contribution in [0.15, 0.2) is 71.6 Å². The molecule has 0 bridgehead atoms. The van der Waals surface area contributed by atoms with Gasteiger partial charge in [0.2, 0.25) is 15.9 Å². The van der Waals surface area contributed by atoms with Crippen LogP contribution in [0.25, 0.3) is 10.9 Å². The number of aromatic nitrogens is 1. The van der Waals surface area contributed by atoms with Gasteiger partial charge in [-0.05, 0) is 85.6 Å². The third-order valence-electron chi connectivity index (χ3n) is 6.27. The van der Waals surface area contributed by atoms with E-state index in [2.05, 4.69) is 10.0 Å². The number of hydrogen-bond acceptors (Lipinski definition) is 5. The first-order valence-corrected chi connectivity index (χ1v) is 14.0. The topological polar surface area (TPSA) is 106 Å². The molecule has 0 saturated carbocycles. The van der Waals surface area contributed by atoms with Crippen molar-refractivity contribution in [2.75, 3.05) is 20.2 Å². The van der Waals surface area contributed by atoms with Crippen LogP contribution in [0.2, 0.25) is 5.02 Å². The van der Waals surface area contributed by atoms with E-state index in [1.54, 1.807) is 61.1 Å². The molecule has 0 saturated heterocycles. The largest absolute Gasteiger partial charge is 0.497 e. The Kier molecular flexibility index (Phi) is 8.69. The van der Waals surface area contributed by atoms with Crippen LogP contribution in [0, 0.1) is 12.7 Å². The van der Waals surface area contributed by atoms with Crippen molar-refractivity contribution < 1.29 is 27.1 Å². The van der Waals surface area contributed by atoms with Gasteiger partial charge >= 0.3 is 0 Å². The second-order valence-electron chi connectivity index (χ2n) is 8.83. The monoisotopic (exact) mass is 571 g/mol. The lowest BCUT2D eigenvalue weighted by molar-refractivity contribution is -0.120. The highest BCUT2D eigenvalue weighted by Gasteiger charge is 2.22. The Bertz CT molecular complexity index is 1620. The summed E-state index contributed by atoms with van der Waals surface area (Å²) in [5, 5.41) is 4.04. The molecule has 3 aromatic carbocycles. The number of ether oxygens (including phenoxy) is 1. The lowest BCUT2D eigenvalue weighted by Crippen LogP contribution is -2.30. The SMILES string of the molecule is COc1ccc2c(c1)c(CC(=O)NCCCNS(=O)(=O)c1ccc(F)cc1)c(C)n2C(=O)c1ccc(Cl)cc1. The van der Waals surface area contributed by atoms with Crippen molar-refractivity contribution in [3.63, 3.8) is 0 Å². The summed E-state index contributed by atoms with van der Waals surface area (Å²) in [6, 6.07) is 16.4. The molecule has 4 rings (SSSR count). The Morgan fingerprint density at radius 2 is 1.69 bits per heavy atom. The predicted molar refractivity (Wildman–Crippen MR) is 147 cm³/mol. The minimum Gasteiger partial charge on any atom is -0.497 e. The number of fused-ring (bicyclic) bond motifs is 1. The first-order chi connectivity index (χ1) is 18.6. The van der Waals surface area contributed by atoms with Crippen LogP contribution in [0.5, 0.6) is 5.75 Å². The number of amides is 1. The molecule has 0 fully saturated rings. The minimum atomic E-state index is -3.78. The summed E-state index contributed by atoms with van der Waals surface area (Å²) in [6.45, 7) is 2.10. The lowest BCUT2D eigenvalue weighted by Gasteiger charge is -2.09. The van der Waals surface area contributed by atoms with E-state index < -0.39 is 15.8 Å². The fraction of sp³-hybridized carbons (Fsp3) is 0.214. The molecule has 11 heteroatoms. The first-order valence-electron chi connectivity index (χ1n) is 12.1. The predicted octanol–water partition coefficient (Wildman–Crippen LogP) is 4.47. The lowest BCUT2D eigenvalue weighted by atomic mass is 10.1. The van der Waals surface area contributed by atoms with Gasteiger partial charge in [0.25, 0.3) is 5.91 Å². The second-order valence-corrected chi connectivity index (χ2v) is 11.0. The zero-order valence-corrected chi connectivity index (χ0v) is 22.9. The molecule has 2 N–H and O–H groups in total. The molecular weight excluding hydrogens is 545 g/mol. The zero-order chi connectivity index (χ0) is 28.2. The van der Waals surface area contributed by atoms with Gasteiger partial charge in [-0.2, -0.15) is 0 Å². The van der Waals surface area contributed by atoms with Gasteiger partial charge < -0.3 is 10.1 Å². The van der Waals surface area contributed by atoms with Crippen molar-refractivity contribution >= 4 is 44.3 Å². The number of rotatable bonds is 10. The molecule has 0 aliphatic carbocycles. The standard InChI is InChI=1S/C28H27ClFN3O5S/c1-18-24(17-27(34)31-14-3-15-32-39(36,37)23-11-8-21(30)9-12-23)25-16-22(38-2)10-13-26(25)33(18)28(35)19-4-6-20(29)7-5-19/h4-13,16,32H,3,14-15,17H2,1-2H3,(H,31,34). The average molecular weight is 572 g/mol. The van der Waals surface area contributed by atoms with Crippen molar-refractivity contribution in [2.45, 2.75) is 24.7 Å². The van der Waals surface area contributed by atoms with Crippen molar-refractivity contribution in [1.29, 1.82) is 0 Å². The van der Waals surface area contributed by atoms with Gasteiger partial charge in [-0.15, -0.1) is 0 Å². The number of hydrogen-bond donors (Lipinski definition) is 2. The van der Waals surface area contributed by atoms with Gasteiger partial charge in [0.15, 0.2) is 0 Å². The molecule has 1 amide bonds. The van der Waals surface area contributed by atoms with E-state index in [9.17, 15) is 22.4 Å². The van der Waals surface area contributed by atoms with Crippen molar-refractivity contribution in [2.24, 2.45) is 0 Å². The Hall–Kier alpha value is -3.73. The van der Waals surface area contributed by atoms with Crippen LogP contribution in [0.4, 0.5) is 4.39 Å². The normalized spacial score (nSPS) is 11.5. The summed E-state index contributed by atoms with van der Waals surface area (Å²) in [4.78, 5) is 26.2. The van der Waals surface area contributed by atoms with Gasteiger partial charge in [0.05, 0.1) is 23.9 Å². The van der Waals surface area contributed by atoms with Crippen LogP contribution in [-0.2, 0) is 21.2 Å². The molecule has 0 spiro atoms. The maximum Gasteiger partial charge on any atom is 0.262 e. The van der Waals surface area contributed by atoms with E-state index >= 15 is 0 Å². The quantitative estimate of drug-likeness (QED) is 0.273. The average Bonchev–Trinajstić information content (AvgIpc) is 3.18. The summed E-state index contributed by atoms with van der Waals surface area (Å²) in [7, 11) is -2.23. The number of benzene rings is 3. The molecule has 0 aliphatic heterocycles. The van der Waals surface area contributed by atoms with Crippen LogP contribution < -0.4 is 14.8 Å². The highest BCUT2D eigenvalue weighted by Crippen LogP contribution is 2.31. The minimum absolute atomic E-state index is 0.0116. The van der Waals surface area contributed by atoms with Crippen LogP contribution in [0.1, 0.15) is 28.0 Å². The fourth-order valence-corrected chi connectivity index (χ4v) is 5.44. The molecule has 0 radical (unpaired) electrons. The second kappa shape index (κ2) is 12.0. The summed E-state index contributed by atoms with van der Waals surface area (Å²) in [6.07, 6.45) is 0.355. The Labute approximate surface area is 230 Å². The molecule has 0 unspecified atom stereocenters. The Balaban J connectivity index is 1.44. The third kappa shape index (κ3) is 6.47. The summed E-state index contributed by atoms with van der Waals surface area (Å²) in [5.74, 6) is -0.462. The number of carbonyl (C=O) groups is 2. The molecule has 4 aromatic rings. The summed E-state index contributed by atoms with van der Waals surface area (Å²) >= 11 is 5.98. The van der Waals surface area contributed by atoms with E-state index in [0.29, 0.717) is 39.5 Å². The smallest absolute Gasteiger partial charge is 0.262 e. The maximum atomic E-state index is 13.4. The Morgan fingerprint density at radius 3 is 2.36 bits per heavy atom. The summed E-state index contributed by atoms with van der Waals surface area (Å²) < 4.78 is 47.0. The molecule has 8 nitrogen and oxygen atoms in total. The number of halogens is 2. The van der Waals surface area contributed by atoms with Crippen LogP contribution >= 0.6 is 11.6 Å². The van der Waals surface area contributed by atoms with E-state index in [-0.39, 0.29) is 36.2 Å². The highest BCUT2D eigenvalue weighted by atomic mass is 35.5. The molecular formula is C28H27ClFN3O5S. The van der Waals surface area contributed by atoms with Crippen molar-refractivity contribution in [1.82, 2.24) is 14.6 Å². The molecule has 204 valence electrons. The van der Waals surface area contributed by atoms with E-state index in [4.69, 9.17) is 16.3 Å². The molecule has 1 aromatic heterocycles. The van der Waals surface area contributed by atoms with Crippen molar-refractivity contribution in [3.8, 4) is 5.75 Å². The first kappa shape index (κ1) is 28.3. The third-order valence-corrected chi connectivity index (χ3v) is 7.99. The van der Waals surface area contributed by atoms with E-state index in [1.807, 2.05) is 0 Å². The van der Waals surface area contributed by atoms with Crippen LogP contribution in [-0.4, -0.2) is 45.0 Å². The maximum absolute atomic E-state index is 13.4. The zero-order valence-electron chi connectivity index (χ0n) is 21.3. The molecule has 1 heterocycles. The number of nitrogens with one attached hydrogen (secondary N) is 2. The highest BCUT2D eigenvalue weighted by molar-refractivity contribution is 7.89. The van der Waals surface area contributed by atoms with E-state index in [1.165, 1.54) is 12.1 Å². The van der Waals surface area contributed by atoms with Gasteiger partial charge in [-0.25, -0.2) is 17.5 Å². The van der Waals surface area contributed by atoms with Crippen LogP contribution in [0.3, 0.4) is 0 Å². The van der Waals surface area contributed by atoms with Gasteiger partial charge in [-0.1, -0.05) is 11.6 Å².